The highest BCUT2D eigenvalue weighted by Gasteiger charge is 2.14. The Hall–Kier alpha value is -1.87. The summed E-state index contributed by atoms with van der Waals surface area (Å²) in [5, 5.41) is 13.9. The van der Waals surface area contributed by atoms with E-state index in [1.165, 1.54) is 12.1 Å². The maximum absolute atomic E-state index is 11.3. The second-order valence-corrected chi connectivity index (χ2v) is 6.52. The number of anilines is 1. The van der Waals surface area contributed by atoms with Gasteiger partial charge in [-0.2, -0.15) is 0 Å². The van der Waals surface area contributed by atoms with Crippen LogP contribution in [-0.2, 0) is 10.0 Å². The molecule has 1 aromatic rings. The van der Waals surface area contributed by atoms with Crippen LogP contribution in [0.1, 0.15) is 13.8 Å². The third kappa shape index (κ3) is 6.41. The molecule has 0 aliphatic heterocycles. The van der Waals surface area contributed by atoms with Crippen molar-refractivity contribution in [2.75, 3.05) is 24.1 Å². The summed E-state index contributed by atoms with van der Waals surface area (Å²) in [5.41, 5.74) is -0.162. The van der Waals surface area contributed by atoms with Crippen LogP contribution in [-0.4, -0.2) is 38.8 Å². The highest BCUT2D eigenvalue weighted by molar-refractivity contribution is 7.92. The van der Waals surface area contributed by atoms with E-state index in [0.717, 1.165) is 12.3 Å². The molecular weight excluding hydrogens is 298 g/mol. The number of non-ortho nitro benzene ring substituents is 1. The summed E-state index contributed by atoms with van der Waals surface area (Å²) < 4.78 is 30.3. The molecule has 0 radical (unpaired) electrons. The first-order valence-corrected chi connectivity index (χ1v) is 8.20. The van der Waals surface area contributed by atoms with Gasteiger partial charge in [-0.05, 0) is 6.07 Å². The minimum Gasteiger partial charge on any atom is -0.490 e. The van der Waals surface area contributed by atoms with E-state index in [2.05, 4.69) is 10.0 Å². The SMILES string of the molecule is CC(C)NCCOc1ccc([N+](=O)[O-])cc1NS(C)(=O)=O. The third-order valence-corrected chi connectivity index (χ3v) is 2.97. The second-order valence-electron chi connectivity index (χ2n) is 4.77. The van der Waals surface area contributed by atoms with Crippen molar-refractivity contribution in [2.24, 2.45) is 0 Å². The van der Waals surface area contributed by atoms with Crippen LogP contribution in [0.3, 0.4) is 0 Å². The molecule has 9 heteroatoms. The Morgan fingerprint density at radius 1 is 1.38 bits per heavy atom. The van der Waals surface area contributed by atoms with Crippen LogP contribution in [0, 0.1) is 10.1 Å². The van der Waals surface area contributed by atoms with Crippen LogP contribution < -0.4 is 14.8 Å². The average Bonchev–Trinajstić information content (AvgIpc) is 2.33. The van der Waals surface area contributed by atoms with Gasteiger partial charge >= 0.3 is 0 Å². The van der Waals surface area contributed by atoms with Gasteiger partial charge in [0.25, 0.3) is 5.69 Å². The highest BCUT2D eigenvalue weighted by Crippen LogP contribution is 2.29. The van der Waals surface area contributed by atoms with Gasteiger partial charge in [-0.3, -0.25) is 14.8 Å². The Morgan fingerprint density at radius 3 is 2.57 bits per heavy atom. The van der Waals surface area contributed by atoms with Gasteiger partial charge in [0.1, 0.15) is 12.4 Å². The fourth-order valence-electron chi connectivity index (χ4n) is 1.55. The molecule has 0 unspecified atom stereocenters. The Balaban J connectivity index is 2.88. The predicted molar refractivity (Wildman–Crippen MR) is 80.2 cm³/mol. The first-order valence-electron chi connectivity index (χ1n) is 6.31. The molecule has 8 nitrogen and oxygen atoms in total. The van der Waals surface area contributed by atoms with Crippen molar-refractivity contribution in [3.63, 3.8) is 0 Å². The Kier molecular flexibility index (Phi) is 5.91. The van der Waals surface area contributed by atoms with Crippen molar-refractivity contribution >= 4 is 21.4 Å². The van der Waals surface area contributed by atoms with E-state index in [4.69, 9.17) is 4.74 Å². The van der Waals surface area contributed by atoms with Gasteiger partial charge in [0.05, 0.1) is 16.9 Å². The van der Waals surface area contributed by atoms with Gasteiger partial charge in [-0.25, -0.2) is 8.42 Å². The molecule has 2 N–H and O–H groups in total. The van der Waals surface area contributed by atoms with E-state index in [9.17, 15) is 18.5 Å². The van der Waals surface area contributed by atoms with Crippen molar-refractivity contribution in [1.29, 1.82) is 0 Å². The third-order valence-electron chi connectivity index (χ3n) is 2.38. The number of nitro groups is 1. The molecule has 0 aromatic heterocycles. The molecule has 0 heterocycles. The topological polar surface area (TPSA) is 111 Å². The molecule has 0 spiro atoms. The molecular formula is C12H19N3O5S. The zero-order valence-corrected chi connectivity index (χ0v) is 12.9. The summed E-state index contributed by atoms with van der Waals surface area (Å²) in [7, 11) is -3.55. The van der Waals surface area contributed by atoms with E-state index >= 15 is 0 Å². The minimum atomic E-state index is -3.55. The number of benzene rings is 1. The van der Waals surface area contributed by atoms with Crippen molar-refractivity contribution in [3.8, 4) is 5.75 Å². The number of nitrogens with one attached hydrogen (secondary N) is 2. The van der Waals surface area contributed by atoms with Crippen LogP contribution in [0.4, 0.5) is 11.4 Å². The van der Waals surface area contributed by atoms with E-state index in [0.29, 0.717) is 19.2 Å². The van der Waals surface area contributed by atoms with Crippen molar-refractivity contribution < 1.29 is 18.1 Å². The Morgan fingerprint density at radius 2 is 2.05 bits per heavy atom. The normalized spacial score (nSPS) is 11.4. The monoisotopic (exact) mass is 317 g/mol. The first-order chi connectivity index (χ1) is 9.69. The lowest BCUT2D eigenvalue weighted by Crippen LogP contribution is -2.27. The fourth-order valence-corrected chi connectivity index (χ4v) is 2.10. The number of hydrogen-bond acceptors (Lipinski definition) is 6. The highest BCUT2D eigenvalue weighted by atomic mass is 32.2. The fraction of sp³-hybridized carbons (Fsp3) is 0.500. The van der Waals surface area contributed by atoms with Crippen LogP contribution >= 0.6 is 0 Å². The van der Waals surface area contributed by atoms with Gasteiger partial charge in [0, 0.05) is 24.7 Å². The number of hydrogen-bond donors (Lipinski definition) is 2. The standard InChI is InChI=1S/C12H19N3O5S/c1-9(2)13-6-7-20-12-5-4-10(15(16)17)8-11(12)14-21(3,18)19/h4-5,8-9,13-14H,6-7H2,1-3H3. The molecule has 118 valence electrons. The number of rotatable bonds is 8. The minimum absolute atomic E-state index is 0.0521. The van der Waals surface area contributed by atoms with Gasteiger partial charge in [-0.1, -0.05) is 13.8 Å². The lowest BCUT2D eigenvalue weighted by molar-refractivity contribution is -0.384. The van der Waals surface area contributed by atoms with Gasteiger partial charge in [0.15, 0.2) is 0 Å². The van der Waals surface area contributed by atoms with Gasteiger partial charge < -0.3 is 10.1 Å². The molecule has 1 rings (SSSR count). The van der Waals surface area contributed by atoms with E-state index in [1.54, 1.807) is 0 Å². The zero-order valence-electron chi connectivity index (χ0n) is 12.1. The summed E-state index contributed by atoms with van der Waals surface area (Å²) in [6.45, 7) is 4.87. The van der Waals surface area contributed by atoms with E-state index in [1.807, 2.05) is 13.8 Å². The van der Waals surface area contributed by atoms with Gasteiger partial charge in [0.2, 0.25) is 10.0 Å². The van der Waals surface area contributed by atoms with Crippen molar-refractivity contribution in [2.45, 2.75) is 19.9 Å². The van der Waals surface area contributed by atoms with Gasteiger partial charge in [-0.15, -0.1) is 0 Å². The molecule has 21 heavy (non-hydrogen) atoms. The summed E-state index contributed by atoms with van der Waals surface area (Å²) in [6, 6.07) is 4.07. The van der Waals surface area contributed by atoms with Crippen LogP contribution in [0.5, 0.6) is 5.75 Å². The Labute approximate surface area is 123 Å². The number of sulfonamides is 1. The summed E-state index contributed by atoms with van der Waals surface area (Å²) in [5.74, 6) is 0.247. The number of ether oxygens (including phenoxy) is 1. The molecule has 0 atom stereocenters. The Bertz CT molecular complexity index is 601. The molecule has 0 amide bonds. The molecule has 1 aromatic carbocycles. The molecule has 0 saturated carbocycles. The lowest BCUT2D eigenvalue weighted by Gasteiger charge is -2.13. The summed E-state index contributed by atoms with van der Waals surface area (Å²) in [6.07, 6.45) is 0.968. The first kappa shape index (κ1) is 17.2. The van der Waals surface area contributed by atoms with Crippen molar-refractivity contribution in [1.82, 2.24) is 5.32 Å². The zero-order chi connectivity index (χ0) is 16.0. The van der Waals surface area contributed by atoms with Crippen LogP contribution in [0.15, 0.2) is 18.2 Å². The molecule has 0 aliphatic rings. The van der Waals surface area contributed by atoms with E-state index < -0.39 is 14.9 Å². The largest absolute Gasteiger partial charge is 0.490 e. The van der Waals surface area contributed by atoms with Crippen molar-refractivity contribution in [3.05, 3.63) is 28.3 Å². The lowest BCUT2D eigenvalue weighted by atomic mass is 10.2. The number of nitro benzene ring substituents is 1. The van der Waals surface area contributed by atoms with Crippen LogP contribution in [0.2, 0.25) is 0 Å². The molecule has 0 fully saturated rings. The summed E-state index contributed by atoms with van der Waals surface area (Å²) in [4.78, 5) is 10.1. The van der Waals surface area contributed by atoms with Crippen LogP contribution in [0.25, 0.3) is 0 Å². The van der Waals surface area contributed by atoms with E-state index in [-0.39, 0.29) is 17.1 Å². The molecule has 0 bridgehead atoms. The maximum Gasteiger partial charge on any atom is 0.271 e. The molecule has 0 aliphatic carbocycles. The predicted octanol–water partition coefficient (Wildman–Crippen LogP) is 1.34. The molecule has 0 saturated heterocycles. The summed E-state index contributed by atoms with van der Waals surface area (Å²) >= 11 is 0. The smallest absolute Gasteiger partial charge is 0.271 e. The maximum atomic E-state index is 11.3. The quantitative estimate of drug-likeness (QED) is 0.425. The second kappa shape index (κ2) is 7.23. The average molecular weight is 317 g/mol. The number of nitrogens with zero attached hydrogens (tertiary/aromatic N) is 1.